The van der Waals surface area contributed by atoms with E-state index in [1.165, 1.54) is 6.26 Å². The topological polar surface area (TPSA) is 72.2 Å². The number of hydrogen-bond acceptors (Lipinski definition) is 4. The number of hydrogen-bond donors (Lipinski definition) is 1. The summed E-state index contributed by atoms with van der Waals surface area (Å²) in [7, 11) is -0.766. The smallest absolute Gasteiger partial charge is 0.251 e. The van der Waals surface area contributed by atoms with Gasteiger partial charge in [-0.1, -0.05) is 17.3 Å². The Morgan fingerprint density at radius 2 is 2.20 bits per heavy atom. The van der Waals surface area contributed by atoms with E-state index in [-0.39, 0.29) is 11.9 Å². The minimum absolute atomic E-state index is 0.0263. The summed E-state index contributed by atoms with van der Waals surface area (Å²) in [6, 6.07) is 7.30. The number of rotatable bonds is 3. The number of amides is 1. The molecule has 2 aromatic rings. The normalized spacial score (nSPS) is 21.2. The van der Waals surface area contributed by atoms with Gasteiger partial charge in [-0.25, -0.2) is 0 Å². The molecule has 1 saturated heterocycles. The fraction of sp³-hybridized carbons (Fsp3) is 0.286. The predicted octanol–water partition coefficient (Wildman–Crippen LogP) is 1.51. The fourth-order valence-corrected chi connectivity index (χ4v) is 3.22. The molecule has 0 spiro atoms. The molecule has 0 aliphatic carbocycles. The Morgan fingerprint density at radius 1 is 1.40 bits per heavy atom. The van der Waals surface area contributed by atoms with Crippen LogP contribution < -0.4 is 5.32 Å². The lowest BCUT2D eigenvalue weighted by atomic mass is 9.99. The van der Waals surface area contributed by atoms with Crippen molar-refractivity contribution in [3.8, 4) is 11.3 Å². The molecule has 1 amide bonds. The molecule has 20 heavy (non-hydrogen) atoms. The van der Waals surface area contributed by atoms with E-state index in [4.69, 9.17) is 4.52 Å². The van der Waals surface area contributed by atoms with Crippen molar-refractivity contribution >= 4 is 16.7 Å². The van der Waals surface area contributed by atoms with E-state index in [2.05, 4.69) is 10.5 Å². The van der Waals surface area contributed by atoms with Gasteiger partial charge in [0.2, 0.25) is 0 Å². The SMILES string of the molecule is Cc1c(C(=O)NC2CS(=O)C2)cccc1-c1ccon1. The van der Waals surface area contributed by atoms with Crippen LogP contribution in [0.25, 0.3) is 11.3 Å². The zero-order chi connectivity index (χ0) is 14.1. The molecule has 0 atom stereocenters. The summed E-state index contributed by atoms with van der Waals surface area (Å²) in [6.45, 7) is 1.89. The maximum Gasteiger partial charge on any atom is 0.251 e. The Labute approximate surface area is 118 Å². The summed E-state index contributed by atoms with van der Waals surface area (Å²) in [6.07, 6.45) is 1.51. The first-order valence-electron chi connectivity index (χ1n) is 6.31. The molecule has 2 heterocycles. The van der Waals surface area contributed by atoms with Crippen molar-refractivity contribution < 1.29 is 13.5 Å². The van der Waals surface area contributed by atoms with Crippen LogP contribution in [0.3, 0.4) is 0 Å². The third-order valence-electron chi connectivity index (χ3n) is 3.40. The van der Waals surface area contributed by atoms with E-state index in [0.717, 1.165) is 11.1 Å². The highest BCUT2D eigenvalue weighted by Crippen LogP contribution is 2.24. The van der Waals surface area contributed by atoms with Crippen molar-refractivity contribution in [2.24, 2.45) is 0 Å². The average molecular weight is 290 g/mol. The van der Waals surface area contributed by atoms with Gasteiger partial charge in [0.25, 0.3) is 5.91 Å². The van der Waals surface area contributed by atoms with Gasteiger partial charge >= 0.3 is 0 Å². The third-order valence-corrected chi connectivity index (χ3v) is 4.95. The standard InChI is InChI=1S/C14H14N2O3S/c1-9-11(13-5-6-19-16-13)3-2-4-12(9)14(17)15-10-7-20(18)8-10/h2-6,10H,7-8H2,1H3,(H,15,17). The van der Waals surface area contributed by atoms with Gasteiger partial charge in [-0.05, 0) is 18.6 Å². The monoisotopic (exact) mass is 290 g/mol. The molecule has 5 nitrogen and oxygen atoms in total. The van der Waals surface area contributed by atoms with Crippen LogP contribution in [0.5, 0.6) is 0 Å². The molecule has 0 unspecified atom stereocenters. The third kappa shape index (κ3) is 2.38. The molecule has 6 heteroatoms. The van der Waals surface area contributed by atoms with Crippen molar-refractivity contribution in [3.05, 3.63) is 41.7 Å². The van der Waals surface area contributed by atoms with Crippen molar-refractivity contribution in [1.29, 1.82) is 0 Å². The Bertz CT molecular complexity index is 659. The number of carbonyl (C=O) groups is 1. The molecule has 1 fully saturated rings. The van der Waals surface area contributed by atoms with Gasteiger partial charge in [0, 0.05) is 39.5 Å². The number of nitrogens with one attached hydrogen (secondary N) is 1. The van der Waals surface area contributed by atoms with E-state index >= 15 is 0 Å². The Balaban J connectivity index is 1.85. The highest BCUT2D eigenvalue weighted by Gasteiger charge is 2.27. The molecule has 1 aromatic heterocycles. The Kier molecular flexibility index (Phi) is 3.40. The molecule has 3 rings (SSSR count). The Hall–Kier alpha value is -1.95. The van der Waals surface area contributed by atoms with Crippen LogP contribution in [0.15, 0.2) is 35.1 Å². The second-order valence-corrected chi connectivity index (χ2v) is 6.35. The molecule has 104 valence electrons. The van der Waals surface area contributed by atoms with Gasteiger partial charge in [-0.15, -0.1) is 0 Å². The van der Waals surface area contributed by atoms with Crippen molar-refractivity contribution in [2.45, 2.75) is 13.0 Å². The lowest BCUT2D eigenvalue weighted by Crippen LogP contribution is -2.50. The van der Waals surface area contributed by atoms with Crippen molar-refractivity contribution in [3.63, 3.8) is 0 Å². The highest BCUT2D eigenvalue weighted by atomic mass is 32.2. The van der Waals surface area contributed by atoms with Crippen LogP contribution in [0.1, 0.15) is 15.9 Å². The quantitative estimate of drug-likeness (QED) is 0.930. The number of aromatic nitrogens is 1. The molecular formula is C14H14N2O3S. The first kappa shape index (κ1) is 13.1. The predicted molar refractivity (Wildman–Crippen MR) is 75.8 cm³/mol. The van der Waals surface area contributed by atoms with E-state index < -0.39 is 10.8 Å². The second kappa shape index (κ2) is 5.20. The van der Waals surface area contributed by atoms with Crippen LogP contribution in [-0.4, -0.2) is 32.8 Å². The van der Waals surface area contributed by atoms with Crippen molar-refractivity contribution in [2.75, 3.05) is 11.5 Å². The summed E-state index contributed by atoms with van der Waals surface area (Å²) in [5.41, 5.74) is 3.06. The zero-order valence-corrected chi connectivity index (χ0v) is 11.8. The van der Waals surface area contributed by atoms with Crippen LogP contribution >= 0.6 is 0 Å². The van der Waals surface area contributed by atoms with E-state index in [9.17, 15) is 9.00 Å². The molecule has 1 aliphatic rings. The van der Waals surface area contributed by atoms with Gasteiger partial charge in [0.05, 0.1) is 6.04 Å². The summed E-state index contributed by atoms with van der Waals surface area (Å²) >= 11 is 0. The van der Waals surface area contributed by atoms with Gasteiger partial charge in [0.15, 0.2) is 0 Å². The maximum absolute atomic E-state index is 12.2. The molecule has 0 bridgehead atoms. The molecule has 0 radical (unpaired) electrons. The summed E-state index contributed by atoms with van der Waals surface area (Å²) in [5, 5.41) is 6.80. The largest absolute Gasteiger partial charge is 0.364 e. The fourth-order valence-electron chi connectivity index (χ4n) is 2.26. The highest BCUT2D eigenvalue weighted by molar-refractivity contribution is 7.86. The molecule has 1 aromatic carbocycles. The minimum Gasteiger partial charge on any atom is -0.364 e. The number of carbonyl (C=O) groups excluding carboxylic acids is 1. The number of nitrogens with zero attached hydrogens (tertiary/aromatic N) is 1. The van der Waals surface area contributed by atoms with Crippen molar-refractivity contribution in [1.82, 2.24) is 10.5 Å². The number of benzene rings is 1. The summed E-state index contributed by atoms with van der Waals surface area (Å²) < 4.78 is 15.9. The van der Waals surface area contributed by atoms with Crippen LogP contribution in [0.2, 0.25) is 0 Å². The summed E-state index contributed by atoms with van der Waals surface area (Å²) in [4.78, 5) is 12.2. The molecule has 1 aliphatic heterocycles. The lowest BCUT2D eigenvalue weighted by Gasteiger charge is -2.26. The van der Waals surface area contributed by atoms with Gasteiger partial charge in [-0.3, -0.25) is 9.00 Å². The van der Waals surface area contributed by atoms with Crippen LogP contribution in [-0.2, 0) is 10.8 Å². The van der Waals surface area contributed by atoms with E-state index in [0.29, 0.717) is 22.8 Å². The van der Waals surface area contributed by atoms with E-state index in [1.807, 2.05) is 19.1 Å². The van der Waals surface area contributed by atoms with Gasteiger partial charge < -0.3 is 9.84 Å². The van der Waals surface area contributed by atoms with Gasteiger partial charge in [-0.2, -0.15) is 0 Å². The maximum atomic E-state index is 12.2. The van der Waals surface area contributed by atoms with Crippen LogP contribution in [0.4, 0.5) is 0 Å². The molecule has 1 N–H and O–H groups in total. The molecule has 0 saturated carbocycles. The first-order chi connectivity index (χ1) is 9.65. The minimum atomic E-state index is -0.766. The first-order valence-corrected chi connectivity index (χ1v) is 7.80. The average Bonchev–Trinajstić information content (AvgIpc) is 2.90. The van der Waals surface area contributed by atoms with E-state index in [1.54, 1.807) is 12.1 Å². The van der Waals surface area contributed by atoms with Crippen LogP contribution in [0, 0.1) is 6.92 Å². The lowest BCUT2D eigenvalue weighted by molar-refractivity contribution is 0.0942. The molecular weight excluding hydrogens is 276 g/mol. The zero-order valence-electron chi connectivity index (χ0n) is 11.0. The summed E-state index contributed by atoms with van der Waals surface area (Å²) in [5.74, 6) is 0.969. The second-order valence-electron chi connectivity index (χ2n) is 4.81. The van der Waals surface area contributed by atoms with Gasteiger partial charge in [0.1, 0.15) is 12.0 Å². The Morgan fingerprint density at radius 3 is 2.85 bits per heavy atom.